The summed E-state index contributed by atoms with van der Waals surface area (Å²) >= 11 is 0. The van der Waals surface area contributed by atoms with Crippen molar-refractivity contribution in [3.63, 3.8) is 0 Å². The molecule has 12 heavy (non-hydrogen) atoms. The van der Waals surface area contributed by atoms with E-state index in [9.17, 15) is 0 Å². The summed E-state index contributed by atoms with van der Waals surface area (Å²) in [5, 5.41) is 0. The monoisotopic (exact) mass is 168 g/mol. The van der Waals surface area contributed by atoms with Gasteiger partial charge in [-0.2, -0.15) is 0 Å². The molecule has 66 valence electrons. The largest absolute Gasteiger partial charge is 0.497 e. The van der Waals surface area contributed by atoms with E-state index in [2.05, 4.69) is 0 Å². The van der Waals surface area contributed by atoms with Gasteiger partial charge < -0.3 is 13.7 Å². The Morgan fingerprint density at radius 3 is 2.42 bits per heavy atom. The molecule has 0 radical (unpaired) electrons. The van der Waals surface area contributed by atoms with Crippen molar-refractivity contribution in [1.82, 2.24) is 0 Å². The zero-order valence-electron chi connectivity index (χ0n) is 7.45. The van der Waals surface area contributed by atoms with Gasteiger partial charge in [0.1, 0.15) is 0 Å². The molecule has 0 N–H and O–H groups in total. The summed E-state index contributed by atoms with van der Waals surface area (Å²) in [5.74, 6) is 0. The van der Waals surface area contributed by atoms with Crippen molar-refractivity contribution >= 4 is 12.6 Å². The lowest BCUT2D eigenvalue weighted by Gasteiger charge is -2.09. The minimum Gasteiger partial charge on any atom is -0.473 e. The van der Waals surface area contributed by atoms with E-state index in [4.69, 9.17) is 13.7 Å². The third kappa shape index (κ3) is 2.39. The number of hydrogen-bond donors (Lipinski definition) is 0. The summed E-state index contributed by atoms with van der Waals surface area (Å²) in [6.45, 7) is 5.14. The molecule has 0 saturated heterocycles. The number of rotatable bonds is 5. The molecule has 0 aliphatic carbocycles. The summed E-state index contributed by atoms with van der Waals surface area (Å²) in [7, 11) is -0.279. The van der Waals surface area contributed by atoms with E-state index in [1.807, 2.05) is 19.9 Å². The van der Waals surface area contributed by atoms with Gasteiger partial charge in [-0.15, -0.1) is 0 Å². The van der Waals surface area contributed by atoms with E-state index in [1.165, 1.54) is 0 Å². The fourth-order valence-electron chi connectivity index (χ4n) is 0.952. The van der Waals surface area contributed by atoms with Crippen molar-refractivity contribution in [1.29, 1.82) is 0 Å². The third-order valence-corrected chi connectivity index (χ3v) is 1.45. The van der Waals surface area contributed by atoms with Crippen molar-refractivity contribution in [3.05, 3.63) is 18.6 Å². The molecule has 0 aliphatic rings. The first-order valence-electron chi connectivity index (χ1n) is 4.13. The molecule has 3 nitrogen and oxygen atoms in total. The molecule has 1 aromatic heterocycles. The molecule has 0 atom stereocenters. The first-order valence-corrected chi connectivity index (χ1v) is 4.13. The zero-order valence-corrected chi connectivity index (χ0v) is 7.45. The van der Waals surface area contributed by atoms with Crippen LogP contribution in [0.4, 0.5) is 0 Å². The van der Waals surface area contributed by atoms with Crippen molar-refractivity contribution < 1.29 is 13.7 Å². The number of furan rings is 1. The number of hydrogen-bond acceptors (Lipinski definition) is 3. The second kappa shape index (κ2) is 5.01. The third-order valence-electron chi connectivity index (χ3n) is 1.45. The molecule has 1 heterocycles. The van der Waals surface area contributed by atoms with Crippen molar-refractivity contribution in [3.8, 4) is 0 Å². The van der Waals surface area contributed by atoms with Crippen LogP contribution in [-0.2, 0) is 9.31 Å². The van der Waals surface area contributed by atoms with Crippen LogP contribution in [0.1, 0.15) is 13.8 Å². The van der Waals surface area contributed by atoms with Crippen LogP contribution in [0, 0.1) is 0 Å². The fraction of sp³-hybridized carbons (Fsp3) is 0.500. The smallest absolute Gasteiger partial charge is 0.473 e. The molecule has 0 aromatic carbocycles. The molecule has 0 saturated carbocycles. The Morgan fingerprint density at radius 1 is 1.33 bits per heavy atom. The molecule has 1 rings (SSSR count). The molecule has 0 amide bonds. The van der Waals surface area contributed by atoms with Crippen LogP contribution in [0.2, 0.25) is 0 Å². The van der Waals surface area contributed by atoms with Gasteiger partial charge in [0, 0.05) is 18.7 Å². The normalized spacial score (nSPS) is 10.2. The quantitative estimate of drug-likeness (QED) is 0.615. The van der Waals surface area contributed by atoms with Gasteiger partial charge in [-0.1, -0.05) is 0 Å². The van der Waals surface area contributed by atoms with E-state index >= 15 is 0 Å². The maximum atomic E-state index is 5.34. The second-order valence-electron chi connectivity index (χ2n) is 2.30. The standard InChI is InChI=1S/C8H13BO3/c1-3-11-9(12-4-2)8-5-6-10-7-8/h5-7H,3-4H2,1-2H3. The molecular formula is C8H13BO3. The maximum absolute atomic E-state index is 5.34. The Labute approximate surface area is 72.8 Å². The van der Waals surface area contributed by atoms with Crippen LogP contribution in [0.3, 0.4) is 0 Å². The highest BCUT2D eigenvalue weighted by atomic mass is 16.6. The average Bonchev–Trinajstić information content (AvgIpc) is 2.56. The Balaban J connectivity index is 2.53. The molecule has 0 aliphatic heterocycles. The van der Waals surface area contributed by atoms with E-state index in [1.54, 1.807) is 12.5 Å². The van der Waals surface area contributed by atoms with Crippen molar-refractivity contribution in [2.45, 2.75) is 13.8 Å². The van der Waals surface area contributed by atoms with Crippen LogP contribution >= 0.6 is 0 Å². The Morgan fingerprint density at radius 2 is 2.00 bits per heavy atom. The van der Waals surface area contributed by atoms with Crippen molar-refractivity contribution in [2.24, 2.45) is 0 Å². The molecule has 1 aromatic rings. The molecule has 0 bridgehead atoms. The van der Waals surface area contributed by atoms with E-state index in [0.717, 1.165) is 5.46 Å². The Bertz CT molecular complexity index is 192. The molecule has 0 unspecified atom stereocenters. The molecular weight excluding hydrogens is 155 g/mol. The van der Waals surface area contributed by atoms with E-state index in [-0.39, 0.29) is 7.12 Å². The molecule has 0 fully saturated rings. The van der Waals surface area contributed by atoms with Gasteiger partial charge in [0.2, 0.25) is 0 Å². The minimum atomic E-state index is -0.279. The van der Waals surface area contributed by atoms with Gasteiger partial charge in [-0.25, -0.2) is 0 Å². The topological polar surface area (TPSA) is 31.6 Å². The molecule has 0 spiro atoms. The predicted octanol–water partition coefficient (Wildman–Crippen LogP) is 1.05. The summed E-state index contributed by atoms with van der Waals surface area (Å²) in [5.41, 5.74) is 0.929. The first-order chi connectivity index (χ1) is 5.88. The Kier molecular flexibility index (Phi) is 3.90. The summed E-state index contributed by atoms with van der Waals surface area (Å²) in [6, 6.07) is 1.84. The van der Waals surface area contributed by atoms with Crippen LogP contribution < -0.4 is 5.46 Å². The Hall–Kier alpha value is -0.735. The van der Waals surface area contributed by atoms with Crippen LogP contribution in [0.5, 0.6) is 0 Å². The first kappa shape index (κ1) is 9.35. The second-order valence-corrected chi connectivity index (χ2v) is 2.30. The van der Waals surface area contributed by atoms with Gasteiger partial charge in [0.15, 0.2) is 0 Å². The van der Waals surface area contributed by atoms with Gasteiger partial charge >= 0.3 is 7.12 Å². The summed E-state index contributed by atoms with van der Waals surface area (Å²) in [4.78, 5) is 0. The van der Waals surface area contributed by atoms with E-state index < -0.39 is 0 Å². The lowest BCUT2D eigenvalue weighted by atomic mass is 9.81. The highest BCUT2D eigenvalue weighted by molar-refractivity contribution is 6.61. The minimum absolute atomic E-state index is 0.279. The molecule has 4 heteroatoms. The van der Waals surface area contributed by atoms with Gasteiger partial charge in [-0.3, -0.25) is 0 Å². The highest BCUT2D eigenvalue weighted by Gasteiger charge is 2.20. The summed E-state index contributed by atoms with van der Waals surface area (Å²) in [6.07, 6.45) is 3.25. The lowest BCUT2D eigenvalue weighted by Crippen LogP contribution is -2.35. The predicted molar refractivity (Wildman–Crippen MR) is 47.3 cm³/mol. The SMILES string of the molecule is CCOB(OCC)c1ccoc1. The lowest BCUT2D eigenvalue weighted by molar-refractivity contribution is 0.225. The summed E-state index contributed by atoms with van der Waals surface area (Å²) < 4.78 is 15.6. The fourth-order valence-corrected chi connectivity index (χ4v) is 0.952. The van der Waals surface area contributed by atoms with Gasteiger partial charge in [0.25, 0.3) is 0 Å². The highest BCUT2D eigenvalue weighted by Crippen LogP contribution is 1.93. The van der Waals surface area contributed by atoms with Crippen LogP contribution in [-0.4, -0.2) is 20.3 Å². The van der Waals surface area contributed by atoms with Crippen molar-refractivity contribution in [2.75, 3.05) is 13.2 Å². The van der Waals surface area contributed by atoms with Crippen LogP contribution in [0.25, 0.3) is 0 Å². The van der Waals surface area contributed by atoms with Crippen LogP contribution in [0.15, 0.2) is 23.0 Å². The zero-order chi connectivity index (χ0) is 8.81. The average molecular weight is 168 g/mol. The van der Waals surface area contributed by atoms with Gasteiger partial charge in [-0.05, 0) is 19.9 Å². The maximum Gasteiger partial charge on any atom is 0.497 e. The van der Waals surface area contributed by atoms with Gasteiger partial charge in [0.05, 0.1) is 12.5 Å². The van der Waals surface area contributed by atoms with E-state index in [0.29, 0.717) is 13.2 Å².